The van der Waals surface area contributed by atoms with Crippen molar-refractivity contribution in [3.63, 3.8) is 0 Å². The van der Waals surface area contributed by atoms with Crippen LogP contribution < -0.4 is 27.2 Å². The number of nitrogens with two attached hydrogens (primary N) is 2. The molecule has 0 bridgehead atoms. The maximum Gasteiger partial charge on any atom is 0.408 e. The minimum Gasteiger partial charge on any atom is -0.444 e. The summed E-state index contributed by atoms with van der Waals surface area (Å²) in [5.74, 6) is -1.21. The van der Waals surface area contributed by atoms with Gasteiger partial charge in [-0.05, 0) is 84.8 Å². The number of amides is 4. The Bertz CT molecular complexity index is 1730. The van der Waals surface area contributed by atoms with Gasteiger partial charge in [0.25, 0.3) is 0 Å². The number of unbranched alkanes of at least 4 members (excludes halogenated alkanes) is 3. The van der Waals surface area contributed by atoms with Gasteiger partial charge in [0.05, 0.1) is 16.7 Å². The second-order valence-electron chi connectivity index (χ2n) is 14.3. The molecule has 1 aliphatic heterocycles. The van der Waals surface area contributed by atoms with Crippen LogP contribution in [0.4, 0.5) is 10.5 Å². The predicted octanol–water partition coefficient (Wildman–Crippen LogP) is 4.19. The fourth-order valence-corrected chi connectivity index (χ4v) is 6.00. The van der Waals surface area contributed by atoms with Crippen LogP contribution in [0.1, 0.15) is 106 Å². The summed E-state index contributed by atoms with van der Waals surface area (Å²) < 4.78 is 32.8. The van der Waals surface area contributed by atoms with Crippen LogP contribution in [-0.2, 0) is 29.3 Å². The van der Waals surface area contributed by atoms with Crippen LogP contribution in [0.2, 0.25) is 0 Å². The Hall–Kier alpha value is -4.38. The number of carbonyl (C=O) groups excluding carboxylic acids is 4. The lowest BCUT2D eigenvalue weighted by Gasteiger charge is -2.23. The largest absolute Gasteiger partial charge is 0.444 e. The van der Waals surface area contributed by atoms with E-state index in [1.165, 1.54) is 38.3 Å². The number of hydrogen-bond donors (Lipinski definition) is 5. The number of carbonyl (C=O) groups is 4. The first-order valence-electron chi connectivity index (χ1n) is 18.6. The Morgan fingerprint density at radius 2 is 1.78 bits per heavy atom. The van der Waals surface area contributed by atoms with Crippen LogP contribution in [0.15, 0.2) is 35.1 Å². The number of imidazole rings is 1. The third-order valence-corrected chi connectivity index (χ3v) is 9.65. The molecule has 2 aromatic rings. The van der Waals surface area contributed by atoms with Crippen LogP contribution in [-0.4, -0.2) is 89.8 Å². The molecule has 306 valence electrons. The molecule has 2 aliphatic rings. The maximum absolute atomic E-state index is 11.9. The fraction of sp³-hybridized carbons (Fsp3) is 0.649. The number of H-pyrrole nitrogens is 1. The highest BCUT2D eigenvalue weighted by atomic mass is 32.2. The summed E-state index contributed by atoms with van der Waals surface area (Å²) in [7, 11) is -0.856. The minimum atomic E-state index is -3.65. The van der Waals surface area contributed by atoms with Gasteiger partial charge in [-0.3, -0.25) is 19.0 Å². The molecule has 54 heavy (non-hydrogen) atoms. The second kappa shape index (κ2) is 22.1. The highest BCUT2D eigenvalue weighted by Gasteiger charge is 2.42. The van der Waals surface area contributed by atoms with E-state index < -0.39 is 39.8 Å². The fourth-order valence-electron chi connectivity index (χ4n) is 5.41. The molecular weight excluding hydrogens is 717 g/mol. The van der Waals surface area contributed by atoms with Crippen molar-refractivity contribution in [1.29, 1.82) is 0 Å². The number of rotatable bonds is 12. The lowest BCUT2D eigenvalue weighted by Crippen LogP contribution is -2.48. The lowest BCUT2D eigenvalue weighted by atomic mass is 10.2. The molecule has 1 saturated carbocycles. The van der Waals surface area contributed by atoms with Gasteiger partial charge in [0, 0.05) is 32.6 Å². The molecule has 1 aromatic heterocycles. The van der Waals surface area contributed by atoms with Crippen LogP contribution in [0.5, 0.6) is 0 Å². The summed E-state index contributed by atoms with van der Waals surface area (Å²) in [5.41, 5.74) is 12.5. The summed E-state index contributed by atoms with van der Waals surface area (Å²) in [6, 6.07) is 5.10. The number of allylic oxidation sites excluding steroid dienone is 2. The SMILES string of the molecule is CC.CC(C)(C)OC(=O)NCC(=O)N1CCCC1C(N)=O.CC(C)n1c(=O)[nH]c2c(N)cccc21.CCCCC/C=C\C1CC1C(=O)NS(=O)(=O)N(C)C. The Morgan fingerprint density at radius 3 is 2.33 bits per heavy atom. The van der Waals surface area contributed by atoms with Crippen molar-refractivity contribution in [1.82, 2.24) is 28.8 Å². The maximum atomic E-state index is 11.9. The average Bonchev–Trinajstić information content (AvgIpc) is 3.51. The number of ether oxygens (including phenoxy) is 1. The standard InChI is InChI=1S/C13H24N2O3S.C12H21N3O4.C10H13N3O.C2H6/c1-4-5-6-7-8-9-11-10-12(11)13(16)14-19(17,18)15(2)3;1-12(2,3)19-11(18)14-7-9(16)15-6-4-5-8(15)10(13)17;1-6(2)13-8-5-3-4-7(11)9(8)12-10(13)14;1-2/h8-9,11-12H,4-7,10H2,1-3H3,(H,14,16);8H,4-7H2,1-3H3,(H2,13,17)(H,14,18);3-6H,11H2,1-2H3,(H,12,14);1-2H3/b9-8-;;;. The van der Waals surface area contributed by atoms with E-state index in [9.17, 15) is 32.4 Å². The molecule has 1 aromatic carbocycles. The lowest BCUT2D eigenvalue weighted by molar-refractivity contribution is -0.136. The highest BCUT2D eigenvalue weighted by molar-refractivity contribution is 7.87. The number of benzene rings is 1. The van der Waals surface area contributed by atoms with Gasteiger partial charge in [-0.2, -0.15) is 12.7 Å². The van der Waals surface area contributed by atoms with Crippen LogP contribution in [0.25, 0.3) is 11.0 Å². The molecule has 7 N–H and O–H groups in total. The number of nitrogen functional groups attached to an aromatic ring is 1. The zero-order valence-corrected chi connectivity index (χ0v) is 34.5. The van der Waals surface area contributed by atoms with E-state index in [1.54, 1.807) is 31.4 Å². The highest BCUT2D eigenvalue weighted by Crippen LogP contribution is 2.40. The first-order valence-corrected chi connectivity index (χ1v) is 20.1. The average molecular weight is 781 g/mol. The molecule has 16 nitrogen and oxygen atoms in total. The zero-order chi connectivity index (χ0) is 41.4. The van der Waals surface area contributed by atoms with Crippen molar-refractivity contribution in [2.24, 2.45) is 17.6 Å². The molecule has 4 rings (SSSR count). The number of nitrogens with zero attached hydrogens (tertiary/aromatic N) is 3. The number of hydrogen-bond acceptors (Lipinski definition) is 9. The molecule has 2 heterocycles. The smallest absolute Gasteiger partial charge is 0.408 e. The van der Waals surface area contributed by atoms with E-state index in [1.807, 2.05) is 45.9 Å². The number of primary amides is 1. The number of alkyl carbamates (subject to hydrolysis) is 1. The monoisotopic (exact) mass is 780 g/mol. The van der Waals surface area contributed by atoms with Gasteiger partial charge in [0.2, 0.25) is 17.7 Å². The van der Waals surface area contributed by atoms with Crippen LogP contribution in [0.3, 0.4) is 0 Å². The molecular formula is C37H64N8O8S. The van der Waals surface area contributed by atoms with E-state index >= 15 is 0 Å². The Balaban J connectivity index is 0.000000400. The van der Waals surface area contributed by atoms with E-state index in [-0.39, 0.29) is 36.0 Å². The van der Waals surface area contributed by atoms with Crippen LogP contribution >= 0.6 is 0 Å². The molecule has 0 radical (unpaired) electrons. The van der Waals surface area contributed by atoms with Crippen molar-refractivity contribution in [2.75, 3.05) is 32.9 Å². The van der Waals surface area contributed by atoms with Gasteiger partial charge in [0.1, 0.15) is 18.2 Å². The van der Waals surface area contributed by atoms with Gasteiger partial charge < -0.3 is 31.4 Å². The zero-order valence-electron chi connectivity index (χ0n) is 33.7. The summed E-state index contributed by atoms with van der Waals surface area (Å²) in [4.78, 5) is 61.9. The summed E-state index contributed by atoms with van der Waals surface area (Å²) in [6.45, 7) is 15.6. The predicted molar refractivity (Wildman–Crippen MR) is 212 cm³/mol. The molecule has 3 atom stereocenters. The van der Waals surface area contributed by atoms with Crippen LogP contribution in [0, 0.1) is 11.8 Å². The Morgan fingerprint density at radius 1 is 1.13 bits per heavy atom. The number of aromatic nitrogens is 2. The van der Waals surface area contributed by atoms with Crippen molar-refractivity contribution in [3.8, 4) is 0 Å². The van der Waals surface area contributed by atoms with Gasteiger partial charge in [-0.15, -0.1) is 0 Å². The second-order valence-corrected chi connectivity index (χ2v) is 16.2. The first-order chi connectivity index (χ1) is 25.2. The number of likely N-dealkylation sites (tertiary alicyclic amines) is 1. The Labute approximate surface area is 320 Å². The normalized spacial score (nSPS) is 17.9. The number of aromatic amines is 1. The summed E-state index contributed by atoms with van der Waals surface area (Å²) in [5, 5.41) is 2.37. The van der Waals surface area contributed by atoms with E-state index in [4.69, 9.17) is 16.2 Å². The van der Waals surface area contributed by atoms with Crippen molar-refractivity contribution >= 4 is 50.7 Å². The third kappa shape index (κ3) is 15.5. The van der Waals surface area contributed by atoms with Gasteiger partial charge in [0.15, 0.2) is 0 Å². The van der Waals surface area contributed by atoms with E-state index in [2.05, 4.69) is 28.0 Å². The molecule has 4 amide bonds. The molecule has 0 spiro atoms. The van der Waals surface area contributed by atoms with Gasteiger partial charge in [-0.1, -0.05) is 51.8 Å². The number of nitrogens with one attached hydrogen (secondary N) is 3. The minimum absolute atomic E-state index is 0.104. The van der Waals surface area contributed by atoms with Crippen molar-refractivity contribution < 1.29 is 32.3 Å². The molecule has 1 saturated heterocycles. The number of para-hydroxylation sites is 1. The molecule has 1 aliphatic carbocycles. The van der Waals surface area contributed by atoms with Crippen molar-refractivity contribution in [2.45, 2.75) is 118 Å². The molecule has 2 fully saturated rings. The molecule has 17 heteroatoms. The van der Waals surface area contributed by atoms with E-state index in [0.717, 1.165) is 34.6 Å². The van der Waals surface area contributed by atoms with Crippen molar-refractivity contribution in [3.05, 3.63) is 40.8 Å². The first kappa shape index (κ1) is 47.6. The third-order valence-electron chi connectivity index (χ3n) is 8.23. The van der Waals surface area contributed by atoms with Gasteiger partial charge in [-0.25, -0.2) is 14.3 Å². The summed E-state index contributed by atoms with van der Waals surface area (Å²) in [6.07, 6.45) is 10.2. The Kier molecular flexibility index (Phi) is 19.5. The number of fused-ring (bicyclic) bond motifs is 1. The molecule has 3 unspecified atom stereocenters. The number of anilines is 1. The summed E-state index contributed by atoms with van der Waals surface area (Å²) >= 11 is 0. The topological polar surface area (TPSA) is 232 Å². The van der Waals surface area contributed by atoms with E-state index in [0.29, 0.717) is 18.7 Å². The van der Waals surface area contributed by atoms with Gasteiger partial charge >= 0.3 is 22.0 Å². The quantitative estimate of drug-likeness (QED) is 0.118.